The fourth-order valence-electron chi connectivity index (χ4n) is 3.28. The van der Waals surface area contributed by atoms with Crippen LogP contribution in [0, 0.1) is 13.8 Å². The number of rotatable bonds is 6. The number of hydrogen-bond donors (Lipinski definition) is 0. The molecule has 0 saturated carbocycles. The summed E-state index contributed by atoms with van der Waals surface area (Å²) in [5, 5.41) is 0. The molecule has 0 unspecified atom stereocenters. The standard InChI is InChI=1S/C23H21N3O2S/c1-16-6-13-22(29-16)21(27)12-7-18-15-26(17(2)24-18)20-10-8-19(9-11-20)25-14-4-3-5-23(25)28/h3-6,8-11,13-15H,7,12H2,1-2H3. The quantitative estimate of drug-likeness (QED) is 0.445. The van der Waals surface area contributed by atoms with Crippen LogP contribution in [0.4, 0.5) is 0 Å². The summed E-state index contributed by atoms with van der Waals surface area (Å²) in [6.07, 6.45) is 4.80. The first-order valence-electron chi connectivity index (χ1n) is 9.44. The number of hydrogen-bond acceptors (Lipinski definition) is 4. The van der Waals surface area contributed by atoms with Gasteiger partial charge in [0.15, 0.2) is 5.78 Å². The van der Waals surface area contributed by atoms with Gasteiger partial charge in [-0.25, -0.2) is 4.98 Å². The number of carbonyl (C=O) groups excluding carboxylic acids is 1. The molecule has 146 valence electrons. The Labute approximate surface area is 172 Å². The zero-order valence-corrected chi connectivity index (χ0v) is 17.1. The summed E-state index contributed by atoms with van der Waals surface area (Å²) < 4.78 is 3.61. The van der Waals surface area contributed by atoms with Crippen molar-refractivity contribution >= 4 is 17.1 Å². The van der Waals surface area contributed by atoms with Crippen LogP contribution in [0.3, 0.4) is 0 Å². The molecule has 0 aliphatic rings. The molecule has 3 aromatic heterocycles. The number of imidazole rings is 1. The highest BCUT2D eigenvalue weighted by Crippen LogP contribution is 2.19. The summed E-state index contributed by atoms with van der Waals surface area (Å²) >= 11 is 1.54. The molecular formula is C23H21N3O2S. The predicted octanol–water partition coefficient (Wildman–Crippen LogP) is 4.52. The fraction of sp³-hybridized carbons (Fsp3) is 0.174. The van der Waals surface area contributed by atoms with Crippen molar-refractivity contribution in [1.82, 2.24) is 14.1 Å². The van der Waals surface area contributed by atoms with Gasteiger partial charge in [-0.15, -0.1) is 11.3 Å². The van der Waals surface area contributed by atoms with E-state index in [1.165, 1.54) is 11.3 Å². The third kappa shape index (κ3) is 4.12. The minimum atomic E-state index is -0.0630. The maximum absolute atomic E-state index is 12.3. The highest BCUT2D eigenvalue weighted by molar-refractivity contribution is 7.14. The van der Waals surface area contributed by atoms with E-state index in [4.69, 9.17) is 0 Å². The molecule has 0 amide bonds. The van der Waals surface area contributed by atoms with Crippen LogP contribution in [-0.4, -0.2) is 19.9 Å². The average Bonchev–Trinajstić information content (AvgIpc) is 3.32. The van der Waals surface area contributed by atoms with Gasteiger partial charge in [0.25, 0.3) is 5.56 Å². The van der Waals surface area contributed by atoms with Gasteiger partial charge in [0.2, 0.25) is 0 Å². The first-order valence-corrected chi connectivity index (χ1v) is 10.3. The Kier molecular flexibility index (Phi) is 5.27. The summed E-state index contributed by atoms with van der Waals surface area (Å²) in [4.78, 5) is 30.9. The van der Waals surface area contributed by atoms with E-state index in [1.54, 1.807) is 22.9 Å². The van der Waals surface area contributed by atoms with Crippen LogP contribution < -0.4 is 5.56 Å². The van der Waals surface area contributed by atoms with E-state index in [0.717, 1.165) is 32.6 Å². The molecule has 6 heteroatoms. The van der Waals surface area contributed by atoms with E-state index in [9.17, 15) is 9.59 Å². The highest BCUT2D eigenvalue weighted by Gasteiger charge is 2.12. The second-order valence-electron chi connectivity index (χ2n) is 6.91. The molecule has 0 saturated heterocycles. The van der Waals surface area contributed by atoms with Crippen LogP contribution in [0.25, 0.3) is 11.4 Å². The van der Waals surface area contributed by atoms with E-state index >= 15 is 0 Å². The lowest BCUT2D eigenvalue weighted by Crippen LogP contribution is -2.15. The van der Waals surface area contributed by atoms with Crippen molar-refractivity contribution in [2.24, 2.45) is 0 Å². The minimum Gasteiger partial charge on any atom is -0.304 e. The van der Waals surface area contributed by atoms with Crippen LogP contribution in [0.1, 0.15) is 32.5 Å². The summed E-state index contributed by atoms with van der Waals surface area (Å²) in [5.74, 6) is 1.03. The monoisotopic (exact) mass is 403 g/mol. The average molecular weight is 404 g/mol. The SMILES string of the molecule is Cc1ccc(C(=O)CCc2cn(-c3ccc(-n4ccccc4=O)cc3)c(C)n2)s1. The van der Waals surface area contributed by atoms with Crippen LogP contribution >= 0.6 is 11.3 Å². The van der Waals surface area contributed by atoms with Crippen molar-refractivity contribution < 1.29 is 4.79 Å². The second kappa shape index (κ2) is 8.01. The third-order valence-electron chi connectivity index (χ3n) is 4.78. The maximum atomic E-state index is 12.3. The van der Waals surface area contributed by atoms with E-state index in [2.05, 4.69) is 4.98 Å². The molecule has 0 aliphatic heterocycles. The van der Waals surface area contributed by atoms with Crippen LogP contribution in [0.2, 0.25) is 0 Å². The lowest BCUT2D eigenvalue weighted by Gasteiger charge is -2.08. The molecule has 0 atom stereocenters. The van der Waals surface area contributed by atoms with Crippen molar-refractivity contribution in [3.63, 3.8) is 0 Å². The molecule has 1 aromatic carbocycles. The second-order valence-corrected chi connectivity index (χ2v) is 8.20. The molecular weight excluding hydrogens is 382 g/mol. The van der Waals surface area contributed by atoms with Gasteiger partial charge in [-0.2, -0.15) is 0 Å². The smallest absolute Gasteiger partial charge is 0.255 e. The van der Waals surface area contributed by atoms with Gasteiger partial charge in [-0.1, -0.05) is 6.07 Å². The molecule has 4 rings (SSSR count). The Bertz CT molecular complexity index is 1220. The van der Waals surface area contributed by atoms with Crippen molar-refractivity contribution in [3.8, 4) is 11.4 Å². The number of aromatic nitrogens is 3. The normalized spacial score (nSPS) is 11.0. The van der Waals surface area contributed by atoms with Gasteiger partial charge in [0, 0.05) is 41.1 Å². The predicted molar refractivity (Wildman–Crippen MR) is 116 cm³/mol. The summed E-state index contributed by atoms with van der Waals surface area (Å²) in [6.45, 7) is 3.95. The van der Waals surface area contributed by atoms with E-state index < -0.39 is 0 Å². The molecule has 0 bridgehead atoms. The maximum Gasteiger partial charge on any atom is 0.255 e. The Morgan fingerprint density at radius 3 is 2.34 bits per heavy atom. The van der Waals surface area contributed by atoms with Gasteiger partial charge in [0.05, 0.1) is 10.6 Å². The fourth-order valence-corrected chi connectivity index (χ4v) is 4.11. The zero-order chi connectivity index (χ0) is 20.4. The molecule has 0 spiro atoms. The van der Waals surface area contributed by atoms with Crippen LogP contribution in [0.15, 0.2) is 71.8 Å². The molecule has 3 heterocycles. The van der Waals surface area contributed by atoms with Crippen LogP contribution in [-0.2, 0) is 6.42 Å². The van der Waals surface area contributed by atoms with Crippen molar-refractivity contribution in [3.05, 3.63) is 98.6 Å². The molecule has 29 heavy (non-hydrogen) atoms. The summed E-state index contributed by atoms with van der Waals surface area (Å²) in [5.41, 5.74) is 2.61. The molecule has 0 N–H and O–H groups in total. The third-order valence-corrected chi connectivity index (χ3v) is 5.83. The first-order chi connectivity index (χ1) is 14.0. The molecule has 0 fully saturated rings. The number of thiophene rings is 1. The zero-order valence-electron chi connectivity index (χ0n) is 16.3. The summed E-state index contributed by atoms with van der Waals surface area (Å²) in [6, 6.07) is 16.7. The van der Waals surface area contributed by atoms with E-state index in [-0.39, 0.29) is 11.3 Å². The number of carbonyl (C=O) groups is 1. The van der Waals surface area contributed by atoms with E-state index in [0.29, 0.717) is 12.8 Å². The van der Waals surface area contributed by atoms with Gasteiger partial charge in [-0.3, -0.25) is 14.2 Å². The Balaban J connectivity index is 1.50. The van der Waals surface area contributed by atoms with Crippen molar-refractivity contribution in [1.29, 1.82) is 0 Å². The minimum absolute atomic E-state index is 0.0630. The number of Topliss-reactive ketones (excluding diaryl/α,β-unsaturated/α-hetero) is 1. The Morgan fingerprint density at radius 2 is 1.69 bits per heavy atom. The Morgan fingerprint density at radius 1 is 0.966 bits per heavy atom. The van der Waals surface area contributed by atoms with E-state index in [1.807, 2.05) is 67.1 Å². The number of nitrogens with zero attached hydrogens (tertiary/aromatic N) is 3. The van der Waals surface area contributed by atoms with Crippen molar-refractivity contribution in [2.75, 3.05) is 0 Å². The lowest BCUT2D eigenvalue weighted by atomic mass is 10.1. The molecule has 0 radical (unpaired) electrons. The number of aryl methyl sites for hydroxylation is 3. The number of benzene rings is 1. The topological polar surface area (TPSA) is 56.9 Å². The molecule has 5 nitrogen and oxygen atoms in total. The van der Waals surface area contributed by atoms with Gasteiger partial charge < -0.3 is 4.57 Å². The molecule has 4 aromatic rings. The highest BCUT2D eigenvalue weighted by atomic mass is 32.1. The van der Waals surface area contributed by atoms with Crippen molar-refractivity contribution in [2.45, 2.75) is 26.7 Å². The lowest BCUT2D eigenvalue weighted by molar-refractivity contribution is 0.0986. The molecule has 0 aliphatic carbocycles. The first kappa shape index (κ1) is 19.1. The summed E-state index contributed by atoms with van der Waals surface area (Å²) in [7, 11) is 0. The van der Waals surface area contributed by atoms with Gasteiger partial charge in [-0.05, 0) is 62.7 Å². The van der Waals surface area contributed by atoms with Crippen LogP contribution in [0.5, 0.6) is 0 Å². The Hall–Kier alpha value is -3.25. The van der Waals surface area contributed by atoms with Gasteiger partial charge in [0.1, 0.15) is 5.82 Å². The largest absolute Gasteiger partial charge is 0.304 e. The number of pyridine rings is 1. The van der Waals surface area contributed by atoms with Gasteiger partial charge >= 0.3 is 0 Å². The number of ketones is 1.